The molecule has 0 aliphatic carbocycles. The number of nitrogens with one attached hydrogen (secondary N) is 1. The monoisotopic (exact) mass is 409 g/mol. The zero-order chi connectivity index (χ0) is 21.2. The Morgan fingerprint density at radius 3 is 2.57 bits per heavy atom. The van der Waals surface area contributed by atoms with Crippen molar-refractivity contribution in [2.75, 3.05) is 19.8 Å². The molecule has 0 saturated carbocycles. The van der Waals surface area contributed by atoms with Crippen molar-refractivity contribution in [2.45, 2.75) is 25.7 Å². The molecule has 0 bridgehead atoms. The highest BCUT2D eigenvalue weighted by Crippen LogP contribution is 2.11. The zero-order valence-electron chi connectivity index (χ0n) is 17.2. The molecular formula is C25H30FN2O2+. The highest BCUT2D eigenvalue weighted by molar-refractivity contribution is 5.19. The Hall–Kier alpha value is -2.73. The minimum Gasteiger partial charge on any atom is -0.385 e. The standard InChI is InChI=1S/C25H29FN2O2/c1-2-15-30-20-24(29)19-27(16-21-9-4-3-5-10-21)18-23-12-8-14-28(23)17-22-11-6-7-13-25(22)26/h2-14,24,29H,1,15-20H2/p+1/t24-/m0/s1. The van der Waals surface area contributed by atoms with Gasteiger partial charge in [-0.05, 0) is 18.2 Å². The predicted molar refractivity (Wildman–Crippen MR) is 117 cm³/mol. The Morgan fingerprint density at radius 1 is 1.03 bits per heavy atom. The summed E-state index contributed by atoms with van der Waals surface area (Å²) in [6.07, 6.45) is 3.08. The summed E-state index contributed by atoms with van der Waals surface area (Å²) in [6.45, 7) is 6.87. The summed E-state index contributed by atoms with van der Waals surface area (Å²) in [5, 5.41) is 10.5. The first-order valence-corrected chi connectivity index (χ1v) is 10.3. The van der Waals surface area contributed by atoms with E-state index in [-0.39, 0.29) is 12.4 Å². The number of aliphatic hydroxyl groups is 1. The first kappa shape index (κ1) is 22.0. The number of hydrogen-bond donors (Lipinski definition) is 2. The second kappa shape index (κ2) is 11.5. The Morgan fingerprint density at radius 2 is 1.80 bits per heavy atom. The molecule has 0 radical (unpaired) electrons. The van der Waals surface area contributed by atoms with E-state index in [4.69, 9.17) is 4.74 Å². The molecule has 30 heavy (non-hydrogen) atoms. The molecule has 5 heteroatoms. The van der Waals surface area contributed by atoms with Crippen LogP contribution in [0, 0.1) is 5.82 Å². The lowest BCUT2D eigenvalue weighted by molar-refractivity contribution is -0.931. The van der Waals surface area contributed by atoms with Gasteiger partial charge in [0.25, 0.3) is 0 Å². The lowest BCUT2D eigenvalue weighted by Crippen LogP contribution is -3.10. The van der Waals surface area contributed by atoms with Gasteiger partial charge < -0.3 is 19.3 Å². The molecule has 4 nitrogen and oxygen atoms in total. The molecule has 3 rings (SSSR count). The largest absolute Gasteiger partial charge is 0.385 e. The smallest absolute Gasteiger partial charge is 0.128 e. The van der Waals surface area contributed by atoms with E-state index in [9.17, 15) is 9.50 Å². The first-order chi connectivity index (χ1) is 14.7. The highest BCUT2D eigenvalue weighted by atomic mass is 19.1. The predicted octanol–water partition coefficient (Wildman–Crippen LogP) is 2.82. The maximum Gasteiger partial charge on any atom is 0.128 e. The third kappa shape index (κ3) is 6.66. The lowest BCUT2D eigenvalue weighted by Gasteiger charge is -2.23. The molecule has 3 aromatic rings. The molecule has 2 N–H and O–H groups in total. The Labute approximate surface area is 177 Å². The SMILES string of the molecule is C=CCOC[C@@H](O)C[NH+](Cc1ccccc1)Cc1cccn1Cc1ccccc1F. The number of halogens is 1. The van der Waals surface area contributed by atoms with Crippen molar-refractivity contribution in [1.29, 1.82) is 0 Å². The molecule has 0 fully saturated rings. The molecule has 0 aliphatic rings. The van der Waals surface area contributed by atoms with Gasteiger partial charge in [0.1, 0.15) is 31.6 Å². The maximum absolute atomic E-state index is 14.1. The molecule has 1 aromatic heterocycles. The lowest BCUT2D eigenvalue weighted by atomic mass is 10.2. The number of quaternary nitrogens is 1. The molecular weight excluding hydrogens is 379 g/mol. The second-order valence-corrected chi connectivity index (χ2v) is 7.49. The van der Waals surface area contributed by atoms with Crippen LogP contribution in [0.5, 0.6) is 0 Å². The molecule has 0 amide bonds. The van der Waals surface area contributed by atoms with Crippen LogP contribution in [-0.4, -0.2) is 35.5 Å². The molecule has 2 aromatic carbocycles. The number of ether oxygens (including phenoxy) is 1. The van der Waals surface area contributed by atoms with Gasteiger partial charge in [-0.3, -0.25) is 0 Å². The van der Waals surface area contributed by atoms with Crippen molar-refractivity contribution in [3.8, 4) is 0 Å². The van der Waals surface area contributed by atoms with Gasteiger partial charge in [-0.15, -0.1) is 6.58 Å². The number of rotatable bonds is 12. The minimum absolute atomic E-state index is 0.194. The molecule has 2 atom stereocenters. The quantitative estimate of drug-likeness (QED) is 0.357. The molecule has 158 valence electrons. The Balaban J connectivity index is 1.71. The van der Waals surface area contributed by atoms with Crippen LogP contribution in [0.1, 0.15) is 16.8 Å². The number of nitrogens with zero attached hydrogens (tertiary/aromatic N) is 1. The van der Waals surface area contributed by atoms with Crippen molar-refractivity contribution in [2.24, 2.45) is 0 Å². The number of aromatic nitrogens is 1. The average molecular weight is 410 g/mol. The van der Waals surface area contributed by atoms with E-state index < -0.39 is 6.10 Å². The first-order valence-electron chi connectivity index (χ1n) is 10.3. The van der Waals surface area contributed by atoms with Crippen LogP contribution in [0.25, 0.3) is 0 Å². The third-order valence-corrected chi connectivity index (χ3v) is 5.02. The van der Waals surface area contributed by atoms with E-state index in [1.807, 2.05) is 42.6 Å². The van der Waals surface area contributed by atoms with Crippen molar-refractivity contribution in [3.05, 3.63) is 108 Å². The second-order valence-electron chi connectivity index (χ2n) is 7.49. The van der Waals surface area contributed by atoms with E-state index >= 15 is 0 Å². The summed E-state index contributed by atoms with van der Waals surface area (Å²) in [6, 6.07) is 21.2. The van der Waals surface area contributed by atoms with E-state index in [1.165, 1.54) is 16.5 Å². The Bertz CT molecular complexity index is 910. The molecule has 1 heterocycles. The van der Waals surface area contributed by atoms with Crippen molar-refractivity contribution in [1.82, 2.24) is 4.57 Å². The number of hydrogen-bond acceptors (Lipinski definition) is 2. The number of aliphatic hydroxyl groups excluding tert-OH is 1. The fourth-order valence-corrected chi connectivity index (χ4v) is 3.60. The van der Waals surface area contributed by atoms with Gasteiger partial charge in [0.05, 0.1) is 25.5 Å². The fourth-order valence-electron chi connectivity index (χ4n) is 3.60. The zero-order valence-corrected chi connectivity index (χ0v) is 17.2. The maximum atomic E-state index is 14.1. The van der Waals surface area contributed by atoms with Gasteiger partial charge in [0, 0.05) is 17.3 Å². The van der Waals surface area contributed by atoms with Crippen LogP contribution in [0.15, 0.2) is 85.6 Å². The normalized spacial score (nSPS) is 13.1. The summed E-state index contributed by atoms with van der Waals surface area (Å²) >= 11 is 0. The van der Waals surface area contributed by atoms with E-state index in [2.05, 4.69) is 29.3 Å². The fraction of sp³-hybridized carbons (Fsp3) is 0.280. The summed E-state index contributed by atoms with van der Waals surface area (Å²) in [5.74, 6) is -0.194. The van der Waals surface area contributed by atoms with Gasteiger partial charge in [-0.1, -0.05) is 54.6 Å². The van der Waals surface area contributed by atoms with Crippen LogP contribution < -0.4 is 4.90 Å². The van der Waals surface area contributed by atoms with Gasteiger partial charge in [-0.25, -0.2) is 4.39 Å². The average Bonchev–Trinajstić information content (AvgIpc) is 3.17. The summed E-state index contributed by atoms with van der Waals surface area (Å²) < 4.78 is 21.6. The van der Waals surface area contributed by atoms with Gasteiger partial charge >= 0.3 is 0 Å². The summed E-state index contributed by atoms with van der Waals surface area (Å²) in [5.41, 5.74) is 2.97. The van der Waals surface area contributed by atoms with Crippen LogP contribution in [-0.2, 0) is 24.4 Å². The van der Waals surface area contributed by atoms with Crippen molar-refractivity contribution in [3.63, 3.8) is 0 Å². The van der Waals surface area contributed by atoms with E-state index in [1.54, 1.807) is 12.1 Å². The van der Waals surface area contributed by atoms with E-state index in [0.717, 1.165) is 18.8 Å². The van der Waals surface area contributed by atoms with Gasteiger partial charge in [-0.2, -0.15) is 0 Å². The van der Waals surface area contributed by atoms with Crippen LogP contribution in [0.3, 0.4) is 0 Å². The molecule has 0 saturated heterocycles. The van der Waals surface area contributed by atoms with Crippen molar-refractivity contribution < 1.29 is 19.1 Å². The summed E-state index contributed by atoms with van der Waals surface area (Å²) in [4.78, 5) is 1.21. The molecule has 0 aliphatic heterocycles. The molecule has 0 spiro atoms. The highest BCUT2D eigenvalue weighted by Gasteiger charge is 2.18. The Kier molecular flexibility index (Phi) is 8.39. The minimum atomic E-state index is -0.571. The van der Waals surface area contributed by atoms with Crippen LogP contribution in [0.4, 0.5) is 4.39 Å². The van der Waals surface area contributed by atoms with Crippen LogP contribution in [0.2, 0.25) is 0 Å². The van der Waals surface area contributed by atoms with E-state index in [0.29, 0.717) is 25.3 Å². The van der Waals surface area contributed by atoms with Crippen molar-refractivity contribution >= 4 is 0 Å². The van der Waals surface area contributed by atoms with Gasteiger partial charge in [0.15, 0.2) is 0 Å². The molecule has 1 unspecified atom stereocenters. The summed E-state index contributed by atoms with van der Waals surface area (Å²) in [7, 11) is 0. The van der Waals surface area contributed by atoms with Crippen LogP contribution >= 0.6 is 0 Å². The third-order valence-electron chi connectivity index (χ3n) is 5.02. The topological polar surface area (TPSA) is 38.8 Å². The number of benzene rings is 2. The van der Waals surface area contributed by atoms with Gasteiger partial charge in [0.2, 0.25) is 0 Å².